The van der Waals surface area contributed by atoms with E-state index in [2.05, 4.69) is 17.2 Å². The summed E-state index contributed by atoms with van der Waals surface area (Å²) in [6, 6.07) is 5.31. The molecular weight excluding hydrogens is 233 g/mol. The van der Waals surface area contributed by atoms with Gasteiger partial charge in [0.05, 0.1) is 17.3 Å². The molecule has 0 saturated carbocycles. The number of hydrogen-bond acceptors (Lipinski definition) is 3. The summed E-state index contributed by atoms with van der Waals surface area (Å²) >= 11 is 0. The second kappa shape index (κ2) is 6.40. The number of anilines is 1. The van der Waals surface area contributed by atoms with Crippen LogP contribution in [-0.4, -0.2) is 18.5 Å². The number of nitriles is 1. The molecule has 1 amide bonds. The van der Waals surface area contributed by atoms with Gasteiger partial charge in [-0.25, -0.2) is 4.39 Å². The van der Waals surface area contributed by atoms with Crippen LogP contribution in [0.1, 0.15) is 12.5 Å². The van der Waals surface area contributed by atoms with Gasteiger partial charge in [-0.1, -0.05) is 6.08 Å². The summed E-state index contributed by atoms with van der Waals surface area (Å²) in [5.74, 6) is -0.809. The lowest BCUT2D eigenvalue weighted by molar-refractivity contribution is -0.121. The van der Waals surface area contributed by atoms with Crippen molar-refractivity contribution in [3.63, 3.8) is 0 Å². The molecule has 0 spiro atoms. The number of rotatable bonds is 5. The molecule has 1 rings (SSSR count). The zero-order valence-corrected chi connectivity index (χ0v) is 10.0. The Morgan fingerprint density at radius 2 is 2.39 bits per heavy atom. The number of amides is 1. The van der Waals surface area contributed by atoms with E-state index in [1.54, 1.807) is 13.0 Å². The summed E-state index contributed by atoms with van der Waals surface area (Å²) in [7, 11) is 0. The molecule has 0 saturated heterocycles. The van der Waals surface area contributed by atoms with E-state index >= 15 is 0 Å². The highest BCUT2D eigenvalue weighted by Gasteiger charge is 2.13. The third-order valence-corrected chi connectivity index (χ3v) is 2.28. The number of carbonyl (C=O) groups excluding carboxylic acids is 1. The normalized spacial score (nSPS) is 11.2. The van der Waals surface area contributed by atoms with Crippen molar-refractivity contribution < 1.29 is 9.18 Å². The van der Waals surface area contributed by atoms with Crippen LogP contribution >= 0.6 is 0 Å². The summed E-state index contributed by atoms with van der Waals surface area (Å²) in [6.45, 7) is 5.47. The van der Waals surface area contributed by atoms with Gasteiger partial charge in [-0.2, -0.15) is 5.26 Å². The van der Waals surface area contributed by atoms with Gasteiger partial charge < -0.3 is 10.6 Å². The first kappa shape index (κ1) is 13.7. The molecule has 0 aliphatic heterocycles. The third kappa shape index (κ3) is 3.59. The van der Waals surface area contributed by atoms with Gasteiger partial charge in [0, 0.05) is 6.54 Å². The van der Waals surface area contributed by atoms with Crippen molar-refractivity contribution in [1.29, 1.82) is 5.26 Å². The predicted octanol–water partition coefficient (Wildman–Crippen LogP) is 1.80. The second-order valence-electron chi connectivity index (χ2n) is 3.71. The molecule has 0 bridgehead atoms. The molecule has 0 aromatic heterocycles. The minimum atomic E-state index is -0.576. The van der Waals surface area contributed by atoms with Gasteiger partial charge in [-0.05, 0) is 25.1 Å². The summed E-state index contributed by atoms with van der Waals surface area (Å²) < 4.78 is 13.6. The average molecular weight is 247 g/mol. The lowest BCUT2D eigenvalue weighted by atomic mass is 10.2. The van der Waals surface area contributed by atoms with Crippen molar-refractivity contribution in [1.82, 2.24) is 5.32 Å². The maximum absolute atomic E-state index is 13.6. The van der Waals surface area contributed by atoms with Gasteiger partial charge in [-0.15, -0.1) is 6.58 Å². The van der Waals surface area contributed by atoms with Gasteiger partial charge in [0.1, 0.15) is 11.9 Å². The molecule has 1 unspecified atom stereocenters. The summed E-state index contributed by atoms with van der Waals surface area (Å²) in [4.78, 5) is 11.5. The lowest BCUT2D eigenvalue weighted by Crippen LogP contribution is -2.37. The molecule has 0 fully saturated rings. The third-order valence-electron chi connectivity index (χ3n) is 2.28. The Balaban J connectivity index is 2.70. The molecule has 5 heteroatoms. The van der Waals surface area contributed by atoms with Gasteiger partial charge in [-0.3, -0.25) is 4.79 Å². The van der Waals surface area contributed by atoms with E-state index in [0.717, 1.165) is 6.07 Å². The van der Waals surface area contributed by atoms with Crippen LogP contribution in [0.2, 0.25) is 0 Å². The van der Waals surface area contributed by atoms with E-state index in [-0.39, 0.29) is 17.2 Å². The van der Waals surface area contributed by atoms with Crippen molar-refractivity contribution in [3.8, 4) is 6.07 Å². The number of benzene rings is 1. The molecule has 2 N–H and O–H groups in total. The first-order valence-electron chi connectivity index (χ1n) is 5.43. The predicted molar refractivity (Wildman–Crippen MR) is 67.4 cm³/mol. The molecule has 0 heterocycles. The summed E-state index contributed by atoms with van der Waals surface area (Å²) in [5.41, 5.74) is 0.428. The SMILES string of the molecule is C=CCNC(=O)C(C)Nc1ccc(C#N)cc1F. The van der Waals surface area contributed by atoms with E-state index in [9.17, 15) is 9.18 Å². The van der Waals surface area contributed by atoms with Crippen LogP contribution in [0, 0.1) is 17.1 Å². The van der Waals surface area contributed by atoms with Crippen molar-refractivity contribution in [2.45, 2.75) is 13.0 Å². The van der Waals surface area contributed by atoms with Crippen molar-refractivity contribution in [2.75, 3.05) is 11.9 Å². The Morgan fingerprint density at radius 1 is 1.67 bits per heavy atom. The minimum absolute atomic E-state index is 0.190. The van der Waals surface area contributed by atoms with Gasteiger partial charge >= 0.3 is 0 Å². The van der Waals surface area contributed by atoms with E-state index in [0.29, 0.717) is 6.54 Å². The van der Waals surface area contributed by atoms with Gasteiger partial charge in [0.15, 0.2) is 0 Å². The van der Waals surface area contributed by atoms with E-state index in [1.807, 2.05) is 6.07 Å². The van der Waals surface area contributed by atoms with Crippen LogP contribution in [-0.2, 0) is 4.79 Å². The van der Waals surface area contributed by atoms with Crippen LogP contribution in [0.5, 0.6) is 0 Å². The molecule has 0 radical (unpaired) electrons. The van der Waals surface area contributed by atoms with E-state index in [1.165, 1.54) is 12.1 Å². The van der Waals surface area contributed by atoms with Crippen LogP contribution < -0.4 is 10.6 Å². The zero-order valence-electron chi connectivity index (χ0n) is 10.0. The Morgan fingerprint density at radius 3 is 2.94 bits per heavy atom. The van der Waals surface area contributed by atoms with Crippen molar-refractivity contribution in [3.05, 3.63) is 42.2 Å². The molecule has 1 aromatic carbocycles. The largest absolute Gasteiger partial charge is 0.372 e. The van der Waals surface area contributed by atoms with Gasteiger partial charge in [0.25, 0.3) is 0 Å². The fraction of sp³-hybridized carbons (Fsp3) is 0.231. The average Bonchev–Trinajstić information content (AvgIpc) is 2.38. The Bertz CT molecular complexity index is 493. The maximum atomic E-state index is 13.6. The highest BCUT2D eigenvalue weighted by Crippen LogP contribution is 2.16. The number of carbonyl (C=O) groups is 1. The van der Waals surface area contributed by atoms with Crippen LogP contribution in [0.4, 0.5) is 10.1 Å². The summed E-state index contributed by atoms with van der Waals surface area (Å²) in [5, 5.41) is 13.9. The van der Waals surface area contributed by atoms with Crippen molar-refractivity contribution in [2.24, 2.45) is 0 Å². The molecular formula is C13H14FN3O. The second-order valence-corrected chi connectivity index (χ2v) is 3.71. The molecule has 4 nitrogen and oxygen atoms in total. The first-order chi connectivity index (χ1) is 8.58. The monoisotopic (exact) mass is 247 g/mol. The van der Waals surface area contributed by atoms with E-state index < -0.39 is 11.9 Å². The minimum Gasteiger partial charge on any atom is -0.372 e. The van der Waals surface area contributed by atoms with Crippen LogP contribution in [0.25, 0.3) is 0 Å². The standard InChI is InChI=1S/C13H14FN3O/c1-3-6-16-13(18)9(2)17-12-5-4-10(8-15)7-11(12)14/h3-5,7,9,17H,1,6H2,2H3,(H,16,18). The molecule has 1 aromatic rings. The van der Waals surface area contributed by atoms with Crippen LogP contribution in [0.3, 0.4) is 0 Å². The molecule has 18 heavy (non-hydrogen) atoms. The Kier molecular flexibility index (Phi) is 4.88. The first-order valence-corrected chi connectivity index (χ1v) is 5.43. The van der Waals surface area contributed by atoms with E-state index in [4.69, 9.17) is 5.26 Å². The fourth-order valence-corrected chi connectivity index (χ4v) is 1.33. The van der Waals surface area contributed by atoms with Crippen LogP contribution in [0.15, 0.2) is 30.9 Å². The van der Waals surface area contributed by atoms with Gasteiger partial charge in [0.2, 0.25) is 5.91 Å². The van der Waals surface area contributed by atoms with Crippen molar-refractivity contribution >= 4 is 11.6 Å². The number of hydrogen-bond donors (Lipinski definition) is 2. The molecule has 0 aliphatic rings. The highest BCUT2D eigenvalue weighted by molar-refractivity contribution is 5.84. The fourth-order valence-electron chi connectivity index (χ4n) is 1.33. The number of halogens is 1. The molecule has 0 aliphatic carbocycles. The highest BCUT2D eigenvalue weighted by atomic mass is 19.1. The number of nitrogens with one attached hydrogen (secondary N) is 2. The lowest BCUT2D eigenvalue weighted by Gasteiger charge is -2.15. The number of nitrogens with zero attached hydrogens (tertiary/aromatic N) is 1. The zero-order chi connectivity index (χ0) is 13.5. The quantitative estimate of drug-likeness (QED) is 0.780. The molecule has 1 atom stereocenters. The Labute approximate surface area is 105 Å². The summed E-state index contributed by atoms with van der Waals surface area (Å²) in [6.07, 6.45) is 1.56. The topological polar surface area (TPSA) is 64.9 Å². The molecule has 94 valence electrons. The Hall–Kier alpha value is -2.35. The maximum Gasteiger partial charge on any atom is 0.242 e. The smallest absolute Gasteiger partial charge is 0.242 e.